The van der Waals surface area contributed by atoms with E-state index >= 15 is 0 Å². The summed E-state index contributed by atoms with van der Waals surface area (Å²) in [6.45, 7) is 3.25. The van der Waals surface area contributed by atoms with Gasteiger partial charge in [0.05, 0.1) is 13.7 Å². The molecule has 0 spiro atoms. The average molecular weight is 271 g/mol. The number of hydrogen-bond donors (Lipinski definition) is 2. The van der Waals surface area contributed by atoms with Crippen molar-refractivity contribution < 1.29 is 19.1 Å². The van der Waals surface area contributed by atoms with Gasteiger partial charge in [-0.25, -0.2) is 4.79 Å². The van der Waals surface area contributed by atoms with Gasteiger partial charge >= 0.3 is 5.97 Å². The second kappa shape index (κ2) is 7.73. The summed E-state index contributed by atoms with van der Waals surface area (Å²) >= 11 is 0. The van der Waals surface area contributed by atoms with Gasteiger partial charge in [-0.3, -0.25) is 9.59 Å². The highest BCUT2D eigenvalue weighted by Gasteiger charge is 2.21. The molecule has 0 radical (unpaired) electrons. The smallest absolute Gasteiger partial charge is 0.329 e. The molecule has 108 valence electrons. The van der Waals surface area contributed by atoms with Crippen molar-refractivity contribution in [3.63, 3.8) is 0 Å². The lowest BCUT2D eigenvalue weighted by molar-refractivity contribution is -0.144. The average Bonchev–Trinajstić information content (AvgIpc) is 2.89. The van der Waals surface area contributed by atoms with Crippen molar-refractivity contribution in [1.29, 1.82) is 0 Å². The maximum Gasteiger partial charge on any atom is 0.329 e. The van der Waals surface area contributed by atoms with Gasteiger partial charge in [-0.05, 0) is 12.8 Å². The second-order valence-electron chi connectivity index (χ2n) is 4.50. The first-order valence-electron chi connectivity index (χ1n) is 6.38. The SMILES string of the molecule is COC(=O)C(CNCC(=O)N1CCCC1)NC(C)=O. The zero-order valence-corrected chi connectivity index (χ0v) is 11.4. The van der Waals surface area contributed by atoms with Gasteiger partial charge < -0.3 is 20.3 Å². The molecule has 19 heavy (non-hydrogen) atoms. The molecule has 1 rings (SSSR count). The minimum Gasteiger partial charge on any atom is -0.467 e. The Kier molecular flexibility index (Phi) is 6.27. The van der Waals surface area contributed by atoms with Gasteiger partial charge in [0.15, 0.2) is 0 Å². The summed E-state index contributed by atoms with van der Waals surface area (Å²) in [5.74, 6) is -0.830. The molecule has 1 unspecified atom stereocenters. The van der Waals surface area contributed by atoms with Crippen molar-refractivity contribution in [2.75, 3.05) is 33.3 Å². The van der Waals surface area contributed by atoms with E-state index in [0.29, 0.717) is 0 Å². The Labute approximate surface area is 112 Å². The lowest BCUT2D eigenvalue weighted by Gasteiger charge is -2.18. The Balaban J connectivity index is 2.32. The lowest BCUT2D eigenvalue weighted by atomic mass is 10.3. The summed E-state index contributed by atoms with van der Waals surface area (Å²) in [4.78, 5) is 35.9. The number of carbonyl (C=O) groups excluding carboxylic acids is 3. The predicted octanol–water partition coefficient (Wildman–Crippen LogP) is -1.12. The van der Waals surface area contributed by atoms with Crippen LogP contribution in [0.3, 0.4) is 0 Å². The number of esters is 1. The van der Waals surface area contributed by atoms with Crippen LogP contribution >= 0.6 is 0 Å². The van der Waals surface area contributed by atoms with Crippen LogP contribution in [-0.2, 0) is 19.1 Å². The van der Waals surface area contributed by atoms with Gasteiger partial charge in [0.25, 0.3) is 0 Å². The maximum atomic E-state index is 11.7. The number of amides is 2. The van der Waals surface area contributed by atoms with Crippen LogP contribution in [0.4, 0.5) is 0 Å². The third kappa shape index (κ3) is 5.25. The number of nitrogens with one attached hydrogen (secondary N) is 2. The molecule has 2 N–H and O–H groups in total. The Hall–Kier alpha value is -1.63. The molecule has 1 atom stereocenters. The van der Waals surface area contributed by atoms with Crippen LogP contribution in [0, 0.1) is 0 Å². The van der Waals surface area contributed by atoms with Gasteiger partial charge in [-0.2, -0.15) is 0 Å². The summed E-state index contributed by atoms with van der Waals surface area (Å²) < 4.78 is 4.58. The minimum absolute atomic E-state index is 0.0175. The van der Waals surface area contributed by atoms with Crippen molar-refractivity contribution in [3.05, 3.63) is 0 Å². The lowest BCUT2D eigenvalue weighted by Crippen LogP contribution is -2.48. The first-order chi connectivity index (χ1) is 9.04. The topological polar surface area (TPSA) is 87.7 Å². The van der Waals surface area contributed by atoms with Crippen LogP contribution in [0.15, 0.2) is 0 Å². The molecule has 0 aromatic heterocycles. The molecule has 0 aromatic carbocycles. The summed E-state index contributed by atoms with van der Waals surface area (Å²) in [5, 5.41) is 5.35. The number of likely N-dealkylation sites (tertiary alicyclic amines) is 1. The Morgan fingerprint density at radius 1 is 1.26 bits per heavy atom. The first-order valence-corrected chi connectivity index (χ1v) is 6.38. The highest BCUT2D eigenvalue weighted by molar-refractivity contribution is 5.83. The summed E-state index contributed by atoms with van der Waals surface area (Å²) in [6, 6.07) is -0.770. The Bertz CT molecular complexity index is 340. The van der Waals surface area contributed by atoms with Crippen molar-refractivity contribution in [3.8, 4) is 0 Å². The van der Waals surface area contributed by atoms with E-state index in [1.165, 1.54) is 14.0 Å². The Morgan fingerprint density at radius 3 is 2.42 bits per heavy atom. The van der Waals surface area contributed by atoms with E-state index in [2.05, 4.69) is 15.4 Å². The minimum atomic E-state index is -0.770. The third-order valence-electron chi connectivity index (χ3n) is 2.95. The van der Waals surface area contributed by atoms with Crippen LogP contribution in [0.1, 0.15) is 19.8 Å². The van der Waals surface area contributed by atoms with Crippen molar-refractivity contribution >= 4 is 17.8 Å². The first kappa shape index (κ1) is 15.4. The molecule has 0 aliphatic carbocycles. The third-order valence-corrected chi connectivity index (χ3v) is 2.95. The number of ether oxygens (including phenoxy) is 1. The highest BCUT2D eigenvalue weighted by Crippen LogP contribution is 2.06. The molecule has 1 heterocycles. The molecule has 7 heteroatoms. The van der Waals surface area contributed by atoms with E-state index in [-0.39, 0.29) is 24.9 Å². The van der Waals surface area contributed by atoms with Gasteiger partial charge in [0.1, 0.15) is 6.04 Å². The van der Waals surface area contributed by atoms with Crippen molar-refractivity contribution in [1.82, 2.24) is 15.5 Å². The van der Waals surface area contributed by atoms with E-state index in [1.807, 2.05) is 0 Å². The van der Waals surface area contributed by atoms with Gasteiger partial charge in [0.2, 0.25) is 11.8 Å². The monoisotopic (exact) mass is 271 g/mol. The number of carbonyl (C=O) groups is 3. The highest BCUT2D eigenvalue weighted by atomic mass is 16.5. The Morgan fingerprint density at radius 2 is 1.89 bits per heavy atom. The number of hydrogen-bond acceptors (Lipinski definition) is 5. The van der Waals surface area contributed by atoms with Gasteiger partial charge in [-0.15, -0.1) is 0 Å². The quantitative estimate of drug-likeness (QED) is 0.597. The fourth-order valence-corrected chi connectivity index (χ4v) is 1.98. The molecule has 2 amide bonds. The summed E-state index contributed by atoms with van der Waals surface area (Å²) in [5.41, 5.74) is 0. The normalized spacial score (nSPS) is 16.0. The van der Waals surface area contributed by atoms with Crippen molar-refractivity contribution in [2.24, 2.45) is 0 Å². The van der Waals surface area contributed by atoms with E-state index in [4.69, 9.17) is 0 Å². The molecule has 1 saturated heterocycles. The van der Waals surface area contributed by atoms with Crippen molar-refractivity contribution in [2.45, 2.75) is 25.8 Å². The summed E-state index contributed by atoms with van der Waals surface area (Å²) in [6.07, 6.45) is 2.09. The van der Waals surface area contributed by atoms with E-state index in [0.717, 1.165) is 25.9 Å². The number of rotatable bonds is 6. The van der Waals surface area contributed by atoms with Crippen LogP contribution in [-0.4, -0.2) is 62.0 Å². The van der Waals surface area contributed by atoms with Gasteiger partial charge in [-0.1, -0.05) is 0 Å². The number of methoxy groups -OCH3 is 1. The molecule has 7 nitrogen and oxygen atoms in total. The van der Waals surface area contributed by atoms with Crippen LogP contribution in [0.25, 0.3) is 0 Å². The zero-order chi connectivity index (χ0) is 14.3. The maximum absolute atomic E-state index is 11.7. The standard InChI is InChI=1S/C12H21N3O4/c1-9(16)14-10(12(18)19-2)7-13-8-11(17)15-5-3-4-6-15/h10,13H,3-8H2,1-2H3,(H,14,16). The zero-order valence-electron chi connectivity index (χ0n) is 11.4. The number of nitrogens with zero attached hydrogens (tertiary/aromatic N) is 1. The van der Waals surface area contributed by atoms with E-state index in [1.54, 1.807) is 4.90 Å². The molecule has 0 bridgehead atoms. The van der Waals surface area contributed by atoms with Gasteiger partial charge in [0, 0.05) is 26.6 Å². The molecular formula is C12H21N3O4. The molecule has 1 aliphatic rings. The molecule has 0 aromatic rings. The van der Waals surface area contributed by atoms with Crippen LogP contribution in [0.5, 0.6) is 0 Å². The molecule has 1 fully saturated rings. The molecular weight excluding hydrogens is 250 g/mol. The molecule has 0 saturated carbocycles. The van der Waals surface area contributed by atoms with Crippen LogP contribution in [0.2, 0.25) is 0 Å². The fourth-order valence-electron chi connectivity index (χ4n) is 1.98. The van der Waals surface area contributed by atoms with E-state index in [9.17, 15) is 14.4 Å². The van der Waals surface area contributed by atoms with Crippen LogP contribution < -0.4 is 10.6 Å². The largest absolute Gasteiger partial charge is 0.467 e. The van der Waals surface area contributed by atoms with E-state index < -0.39 is 12.0 Å². The predicted molar refractivity (Wildman–Crippen MR) is 68.3 cm³/mol. The summed E-state index contributed by atoms with van der Waals surface area (Å²) in [7, 11) is 1.26. The molecule has 1 aliphatic heterocycles. The fraction of sp³-hybridized carbons (Fsp3) is 0.750. The second-order valence-corrected chi connectivity index (χ2v) is 4.50.